The van der Waals surface area contributed by atoms with Gasteiger partial charge in [-0.25, -0.2) is 4.98 Å². The summed E-state index contributed by atoms with van der Waals surface area (Å²) in [6, 6.07) is 26.7. The van der Waals surface area contributed by atoms with E-state index in [1.54, 1.807) is 0 Å². The molecule has 6 nitrogen and oxygen atoms in total. The van der Waals surface area contributed by atoms with Crippen LogP contribution in [0.5, 0.6) is 0 Å². The Morgan fingerprint density at radius 3 is 2.39 bits per heavy atom. The molecule has 2 N–H and O–H groups in total. The van der Waals surface area contributed by atoms with Gasteiger partial charge in [-0.2, -0.15) is 0 Å². The van der Waals surface area contributed by atoms with E-state index in [4.69, 9.17) is 0 Å². The summed E-state index contributed by atoms with van der Waals surface area (Å²) in [5.41, 5.74) is 5.28. The molecule has 0 spiro atoms. The lowest BCUT2D eigenvalue weighted by atomic mass is 10.2. The van der Waals surface area contributed by atoms with E-state index in [1.807, 2.05) is 36.4 Å². The maximum atomic E-state index is 12.4. The van der Waals surface area contributed by atoms with Crippen molar-refractivity contribution >= 4 is 40.1 Å². The van der Waals surface area contributed by atoms with Crippen LogP contribution in [0.15, 0.2) is 84.0 Å². The number of hydrogen-bond acceptors (Lipinski definition) is 5. The molecule has 3 aromatic carbocycles. The number of thioether (sulfide) groups is 1. The summed E-state index contributed by atoms with van der Waals surface area (Å²) in [5.74, 6) is 0.271. The predicted octanol–water partition coefficient (Wildman–Crippen LogP) is 4.62. The maximum absolute atomic E-state index is 12.4. The zero-order valence-corrected chi connectivity index (χ0v) is 19.2. The van der Waals surface area contributed by atoms with Crippen molar-refractivity contribution in [2.75, 3.05) is 42.1 Å². The Balaban J connectivity index is 1.09. The van der Waals surface area contributed by atoms with Crippen LogP contribution in [0.2, 0.25) is 0 Å². The van der Waals surface area contributed by atoms with Crippen molar-refractivity contribution in [3.8, 4) is 0 Å². The van der Waals surface area contributed by atoms with Crippen LogP contribution in [0.25, 0.3) is 11.0 Å². The van der Waals surface area contributed by atoms with Crippen LogP contribution >= 0.6 is 11.8 Å². The number of amides is 1. The summed E-state index contributed by atoms with van der Waals surface area (Å²) in [4.78, 5) is 25.0. The molecule has 1 aliphatic heterocycles. The van der Waals surface area contributed by atoms with Gasteiger partial charge < -0.3 is 15.2 Å². The standard InChI is InChI=1S/C26H27N5OS/c32-25(19-33-26-28-23-8-4-5-9-24(23)29-26)27-21-10-12-22(13-11-21)31-16-14-30(15-17-31)18-20-6-2-1-3-7-20/h1-13H,14-19H2,(H,27,32)(H,28,29). The second-order valence-corrected chi connectivity index (χ2v) is 9.16. The Labute approximate surface area is 198 Å². The number of nitrogens with one attached hydrogen (secondary N) is 2. The molecule has 0 unspecified atom stereocenters. The van der Waals surface area contributed by atoms with Gasteiger partial charge in [0.25, 0.3) is 0 Å². The molecule has 7 heteroatoms. The maximum Gasteiger partial charge on any atom is 0.234 e. The smallest absolute Gasteiger partial charge is 0.234 e. The van der Waals surface area contributed by atoms with Crippen LogP contribution in [0.4, 0.5) is 11.4 Å². The molecule has 33 heavy (non-hydrogen) atoms. The second kappa shape index (κ2) is 10.1. The van der Waals surface area contributed by atoms with Gasteiger partial charge in [-0.3, -0.25) is 9.69 Å². The minimum Gasteiger partial charge on any atom is -0.369 e. The molecular weight excluding hydrogens is 430 g/mol. The Kier molecular flexibility index (Phi) is 6.60. The Morgan fingerprint density at radius 2 is 1.64 bits per heavy atom. The summed E-state index contributed by atoms with van der Waals surface area (Å²) in [7, 11) is 0. The van der Waals surface area contributed by atoms with Gasteiger partial charge in [0, 0.05) is 44.1 Å². The van der Waals surface area contributed by atoms with Crippen molar-refractivity contribution in [2.45, 2.75) is 11.7 Å². The molecule has 1 aliphatic rings. The predicted molar refractivity (Wildman–Crippen MR) is 136 cm³/mol. The molecule has 5 rings (SSSR count). The summed E-state index contributed by atoms with van der Waals surface area (Å²) in [6.07, 6.45) is 0. The van der Waals surface area contributed by atoms with E-state index in [1.165, 1.54) is 23.0 Å². The summed E-state index contributed by atoms with van der Waals surface area (Å²) in [6.45, 7) is 5.11. The molecule has 1 fully saturated rings. The first-order chi connectivity index (χ1) is 16.2. The number of nitrogens with zero attached hydrogens (tertiary/aromatic N) is 3. The number of benzene rings is 3. The minimum atomic E-state index is -0.0391. The lowest BCUT2D eigenvalue weighted by Crippen LogP contribution is -2.45. The summed E-state index contributed by atoms with van der Waals surface area (Å²) >= 11 is 1.41. The van der Waals surface area contributed by atoms with E-state index in [0.29, 0.717) is 5.75 Å². The van der Waals surface area contributed by atoms with Crippen LogP contribution in [0, 0.1) is 0 Å². The molecule has 0 bridgehead atoms. The molecule has 0 aliphatic carbocycles. The number of aromatic amines is 1. The summed E-state index contributed by atoms with van der Waals surface area (Å²) in [5, 5.41) is 3.74. The van der Waals surface area contributed by atoms with Crippen molar-refractivity contribution in [1.82, 2.24) is 14.9 Å². The highest BCUT2D eigenvalue weighted by Crippen LogP contribution is 2.22. The van der Waals surface area contributed by atoms with Crippen LogP contribution in [-0.2, 0) is 11.3 Å². The number of carbonyl (C=O) groups excluding carboxylic acids is 1. The van der Waals surface area contributed by atoms with E-state index in [-0.39, 0.29) is 5.91 Å². The molecule has 0 atom stereocenters. The normalized spacial score (nSPS) is 14.5. The van der Waals surface area contributed by atoms with E-state index in [9.17, 15) is 4.79 Å². The summed E-state index contributed by atoms with van der Waals surface area (Å²) < 4.78 is 0. The van der Waals surface area contributed by atoms with E-state index in [2.05, 4.69) is 67.5 Å². The molecular formula is C26H27N5OS. The SMILES string of the molecule is O=C(CSc1nc2ccccc2[nH]1)Nc1ccc(N2CCN(Cc3ccccc3)CC2)cc1. The molecule has 4 aromatic rings. The number of piperazine rings is 1. The first kappa shape index (κ1) is 21.6. The van der Waals surface area contributed by atoms with E-state index < -0.39 is 0 Å². The van der Waals surface area contributed by atoms with Gasteiger partial charge in [0.15, 0.2) is 5.16 Å². The second-order valence-electron chi connectivity index (χ2n) is 8.19. The fourth-order valence-electron chi connectivity index (χ4n) is 4.09. The van der Waals surface area contributed by atoms with Gasteiger partial charge in [0.2, 0.25) is 5.91 Å². The molecule has 1 saturated heterocycles. The molecule has 1 amide bonds. The lowest BCUT2D eigenvalue weighted by molar-refractivity contribution is -0.113. The van der Waals surface area contributed by atoms with Crippen molar-refractivity contribution < 1.29 is 4.79 Å². The lowest BCUT2D eigenvalue weighted by Gasteiger charge is -2.36. The van der Waals surface area contributed by atoms with Crippen LogP contribution < -0.4 is 10.2 Å². The number of aromatic nitrogens is 2. The van der Waals surface area contributed by atoms with Crippen LogP contribution in [-0.4, -0.2) is 52.7 Å². The number of rotatable bonds is 7. The van der Waals surface area contributed by atoms with Gasteiger partial charge in [0.1, 0.15) is 0 Å². The molecule has 2 heterocycles. The van der Waals surface area contributed by atoms with Gasteiger partial charge in [-0.15, -0.1) is 0 Å². The molecule has 0 saturated carbocycles. The fourth-order valence-corrected chi connectivity index (χ4v) is 4.78. The van der Waals surface area contributed by atoms with Gasteiger partial charge in [-0.05, 0) is 42.0 Å². The minimum absolute atomic E-state index is 0.0391. The van der Waals surface area contributed by atoms with Crippen LogP contribution in [0.1, 0.15) is 5.56 Å². The van der Waals surface area contributed by atoms with E-state index in [0.717, 1.165) is 54.6 Å². The van der Waals surface area contributed by atoms with Crippen molar-refractivity contribution in [1.29, 1.82) is 0 Å². The van der Waals surface area contributed by atoms with E-state index >= 15 is 0 Å². The highest BCUT2D eigenvalue weighted by Gasteiger charge is 2.17. The third-order valence-corrected chi connectivity index (χ3v) is 6.72. The topological polar surface area (TPSA) is 64.3 Å². The Bertz CT molecular complexity index is 1170. The number of fused-ring (bicyclic) bond motifs is 1. The first-order valence-corrected chi connectivity index (χ1v) is 12.2. The number of para-hydroxylation sites is 2. The van der Waals surface area contributed by atoms with Crippen LogP contribution in [0.3, 0.4) is 0 Å². The highest BCUT2D eigenvalue weighted by atomic mass is 32.2. The van der Waals surface area contributed by atoms with Gasteiger partial charge in [0.05, 0.1) is 16.8 Å². The average Bonchev–Trinajstić information content (AvgIpc) is 3.28. The zero-order chi connectivity index (χ0) is 22.5. The number of imidazole rings is 1. The third-order valence-electron chi connectivity index (χ3n) is 5.85. The Hall–Kier alpha value is -3.29. The van der Waals surface area contributed by atoms with Crippen molar-refractivity contribution in [2.24, 2.45) is 0 Å². The monoisotopic (exact) mass is 457 g/mol. The van der Waals surface area contributed by atoms with Gasteiger partial charge >= 0.3 is 0 Å². The molecule has 168 valence electrons. The quantitative estimate of drug-likeness (QED) is 0.397. The van der Waals surface area contributed by atoms with Crippen molar-refractivity contribution in [3.05, 3.63) is 84.4 Å². The average molecular weight is 458 g/mol. The number of carbonyl (C=O) groups is 1. The van der Waals surface area contributed by atoms with Gasteiger partial charge in [-0.1, -0.05) is 54.2 Å². The number of anilines is 2. The fraction of sp³-hybridized carbons (Fsp3) is 0.231. The molecule has 0 radical (unpaired) electrons. The number of hydrogen-bond donors (Lipinski definition) is 2. The highest BCUT2D eigenvalue weighted by molar-refractivity contribution is 7.99. The van der Waals surface area contributed by atoms with Crippen molar-refractivity contribution in [3.63, 3.8) is 0 Å². The number of H-pyrrole nitrogens is 1. The molecule has 1 aromatic heterocycles. The third kappa shape index (κ3) is 5.56. The Morgan fingerprint density at radius 1 is 0.909 bits per heavy atom. The first-order valence-electron chi connectivity index (χ1n) is 11.2. The zero-order valence-electron chi connectivity index (χ0n) is 18.4. The largest absolute Gasteiger partial charge is 0.369 e.